The number of amides is 1. The first-order valence-corrected chi connectivity index (χ1v) is 6.66. The molecule has 0 bridgehead atoms. The molecule has 0 radical (unpaired) electrons. The number of nitrogens with zero attached hydrogens (tertiary/aromatic N) is 1. The largest absolute Gasteiger partial charge is 0.336 e. The van der Waals surface area contributed by atoms with Crippen molar-refractivity contribution < 1.29 is 4.79 Å². The Morgan fingerprint density at radius 2 is 2.22 bits per heavy atom. The third-order valence-corrected chi connectivity index (χ3v) is 4.01. The second-order valence-electron chi connectivity index (χ2n) is 4.52. The van der Waals surface area contributed by atoms with Crippen molar-refractivity contribution in [2.24, 2.45) is 0 Å². The maximum absolute atomic E-state index is 12.4. The summed E-state index contributed by atoms with van der Waals surface area (Å²) in [7, 11) is 0. The standard InChI is InChI=1S/C13H17BrN2O.ClH/c1-9-8-16(7-6-15-9)13(17)11-4-3-5-12(14)10(11)2;/h3-5,9,15H,6-8H2,1-2H3;1H/t9-;/m1./s1. The van der Waals surface area contributed by atoms with Crippen LogP contribution in [0.4, 0.5) is 0 Å². The minimum absolute atomic E-state index is 0. The number of hydrogen-bond acceptors (Lipinski definition) is 2. The molecule has 1 aliphatic heterocycles. The normalized spacial score (nSPS) is 19.3. The Balaban J connectivity index is 0.00000162. The van der Waals surface area contributed by atoms with Gasteiger partial charge in [-0.05, 0) is 31.5 Å². The summed E-state index contributed by atoms with van der Waals surface area (Å²) in [6.07, 6.45) is 0. The minimum Gasteiger partial charge on any atom is -0.336 e. The van der Waals surface area contributed by atoms with Crippen LogP contribution in [0.1, 0.15) is 22.8 Å². The molecule has 1 amide bonds. The molecule has 0 aliphatic carbocycles. The number of carbonyl (C=O) groups excluding carboxylic acids is 1. The molecule has 1 fully saturated rings. The summed E-state index contributed by atoms with van der Waals surface area (Å²) in [4.78, 5) is 14.3. The van der Waals surface area contributed by atoms with E-state index in [9.17, 15) is 4.79 Å². The fourth-order valence-corrected chi connectivity index (χ4v) is 2.49. The van der Waals surface area contributed by atoms with Crippen LogP contribution in [-0.2, 0) is 0 Å². The number of carbonyl (C=O) groups is 1. The first-order chi connectivity index (χ1) is 8.09. The maximum Gasteiger partial charge on any atom is 0.254 e. The Bertz CT molecular complexity index is 439. The van der Waals surface area contributed by atoms with Crippen LogP contribution in [0.15, 0.2) is 22.7 Å². The van der Waals surface area contributed by atoms with Gasteiger partial charge >= 0.3 is 0 Å². The lowest BCUT2D eigenvalue weighted by Crippen LogP contribution is -2.51. The van der Waals surface area contributed by atoms with Gasteiger partial charge in [-0.25, -0.2) is 0 Å². The van der Waals surface area contributed by atoms with Crippen LogP contribution in [0.5, 0.6) is 0 Å². The Hall–Kier alpha value is -0.580. The Labute approximate surface area is 122 Å². The number of halogens is 2. The maximum atomic E-state index is 12.4. The van der Waals surface area contributed by atoms with Crippen molar-refractivity contribution in [3.63, 3.8) is 0 Å². The molecule has 1 N–H and O–H groups in total. The third kappa shape index (κ3) is 3.25. The van der Waals surface area contributed by atoms with Gasteiger partial charge in [0.15, 0.2) is 0 Å². The van der Waals surface area contributed by atoms with Gasteiger partial charge in [-0.1, -0.05) is 22.0 Å². The van der Waals surface area contributed by atoms with Gasteiger partial charge in [-0.2, -0.15) is 0 Å². The quantitative estimate of drug-likeness (QED) is 0.857. The molecule has 1 heterocycles. The Kier molecular flexibility index (Phi) is 5.63. The van der Waals surface area contributed by atoms with Crippen LogP contribution in [0.2, 0.25) is 0 Å². The molecule has 0 saturated carbocycles. The van der Waals surface area contributed by atoms with E-state index in [1.165, 1.54) is 0 Å². The zero-order valence-electron chi connectivity index (χ0n) is 10.6. The molecule has 5 heteroatoms. The van der Waals surface area contributed by atoms with Crippen molar-refractivity contribution in [3.8, 4) is 0 Å². The van der Waals surface area contributed by atoms with Crippen molar-refractivity contribution in [2.45, 2.75) is 19.9 Å². The van der Waals surface area contributed by atoms with Gasteiger partial charge in [0, 0.05) is 35.7 Å². The van der Waals surface area contributed by atoms with E-state index in [-0.39, 0.29) is 18.3 Å². The van der Waals surface area contributed by atoms with Crippen LogP contribution in [-0.4, -0.2) is 36.5 Å². The van der Waals surface area contributed by atoms with Gasteiger partial charge in [0.1, 0.15) is 0 Å². The van der Waals surface area contributed by atoms with Crippen LogP contribution < -0.4 is 5.32 Å². The summed E-state index contributed by atoms with van der Waals surface area (Å²) >= 11 is 3.47. The van der Waals surface area contributed by atoms with E-state index in [2.05, 4.69) is 28.2 Å². The lowest BCUT2D eigenvalue weighted by molar-refractivity contribution is 0.0708. The predicted molar refractivity (Wildman–Crippen MR) is 79.5 cm³/mol. The number of nitrogens with one attached hydrogen (secondary N) is 1. The number of rotatable bonds is 1. The SMILES string of the molecule is Cc1c(Br)cccc1C(=O)N1CCN[C@H](C)C1.Cl. The van der Waals surface area contributed by atoms with Gasteiger partial charge in [0.2, 0.25) is 0 Å². The fourth-order valence-electron chi connectivity index (χ4n) is 2.13. The Morgan fingerprint density at radius 3 is 2.89 bits per heavy atom. The highest BCUT2D eigenvalue weighted by Gasteiger charge is 2.22. The van der Waals surface area contributed by atoms with Crippen molar-refractivity contribution in [2.75, 3.05) is 19.6 Å². The highest BCUT2D eigenvalue weighted by Crippen LogP contribution is 2.21. The molecule has 0 unspecified atom stereocenters. The number of benzene rings is 1. The summed E-state index contributed by atoms with van der Waals surface area (Å²) in [6, 6.07) is 6.15. The lowest BCUT2D eigenvalue weighted by Gasteiger charge is -2.32. The highest BCUT2D eigenvalue weighted by atomic mass is 79.9. The van der Waals surface area contributed by atoms with Crippen LogP contribution in [0, 0.1) is 6.92 Å². The van der Waals surface area contributed by atoms with Crippen molar-refractivity contribution in [1.29, 1.82) is 0 Å². The van der Waals surface area contributed by atoms with E-state index in [0.717, 1.165) is 35.2 Å². The molecule has 18 heavy (non-hydrogen) atoms. The zero-order chi connectivity index (χ0) is 12.4. The molecule has 3 nitrogen and oxygen atoms in total. The zero-order valence-corrected chi connectivity index (χ0v) is 13.0. The van der Waals surface area contributed by atoms with Gasteiger partial charge in [-0.15, -0.1) is 12.4 Å². The van der Waals surface area contributed by atoms with Crippen LogP contribution in [0.3, 0.4) is 0 Å². The van der Waals surface area contributed by atoms with Crippen molar-refractivity contribution in [3.05, 3.63) is 33.8 Å². The number of piperazine rings is 1. The topological polar surface area (TPSA) is 32.3 Å². The summed E-state index contributed by atoms with van der Waals surface area (Å²) in [5.74, 6) is 0.136. The summed E-state index contributed by atoms with van der Waals surface area (Å²) in [5, 5.41) is 3.34. The third-order valence-electron chi connectivity index (χ3n) is 3.15. The van der Waals surface area contributed by atoms with Gasteiger partial charge in [0.25, 0.3) is 5.91 Å². The monoisotopic (exact) mass is 332 g/mol. The van der Waals surface area contributed by atoms with Crippen molar-refractivity contribution >= 4 is 34.2 Å². The molecule has 1 aromatic carbocycles. The molecule has 1 saturated heterocycles. The highest BCUT2D eigenvalue weighted by molar-refractivity contribution is 9.10. The van der Waals surface area contributed by atoms with E-state index < -0.39 is 0 Å². The molecule has 0 spiro atoms. The first-order valence-electron chi connectivity index (χ1n) is 5.87. The van der Waals surface area contributed by atoms with E-state index in [1.54, 1.807) is 0 Å². The molecule has 2 rings (SSSR count). The smallest absolute Gasteiger partial charge is 0.254 e. The minimum atomic E-state index is 0. The molecule has 1 atom stereocenters. The van der Waals surface area contributed by atoms with E-state index in [0.29, 0.717) is 6.04 Å². The molecule has 1 aliphatic rings. The second-order valence-corrected chi connectivity index (χ2v) is 5.37. The second kappa shape index (κ2) is 6.55. The summed E-state index contributed by atoms with van der Waals surface area (Å²) in [5.41, 5.74) is 1.82. The fraction of sp³-hybridized carbons (Fsp3) is 0.462. The lowest BCUT2D eigenvalue weighted by atomic mass is 10.1. The van der Waals surface area contributed by atoms with Crippen LogP contribution >= 0.6 is 28.3 Å². The average Bonchev–Trinajstić information content (AvgIpc) is 2.32. The van der Waals surface area contributed by atoms with E-state index >= 15 is 0 Å². The van der Waals surface area contributed by atoms with E-state index in [1.807, 2.05) is 30.0 Å². The van der Waals surface area contributed by atoms with Gasteiger partial charge in [-0.3, -0.25) is 4.79 Å². The predicted octanol–water partition coefficient (Wildman–Crippen LogP) is 2.61. The molecule has 100 valence electrons. The van der Waals surface area contributed by atoms with Gasteiger partial charge < -0.3 is 10.2 Å². The molecule has 1 aromatic rings. The van der Waals surface area contributed by atoms with Crippen molar-refractivity contribution in [1.82, 2.24) is 10.2 Å². The van der Waals surface area contributed by atoms with Gasteiger partial charge in [0.05, 0.1) is 0 Å². The summed E-state index contributed by atoms with van der Waals surface area (Å²) in [6.45, 7) is 6.52. The van der Waals surface area contributed by atoms with E-state index in [4.69, 9.17) is 0 Å². The average molecular weight is 334 g/mol. The number of hydrogen-bond donors (Lipinski definition) is 1. The molecule has 0 aromatic heterocycles. The summed E-state index contributed by atoms with van der Waals surface area (Å²) < 4.78 is 0.992. The molecular formula is C13H18BrClN2O. The van der Waals surface area contributed by atoms with Crippen LogP contribution in [0.25, 0.3) is 0 Å². The Morgan fingerprint density at radius 1 is 1.50 bits per heavy atom. The first kappa shape index (κ1) is 15.5. The molecular weight excluding hydrogens is 316 g/mol.